The van der Waals surface area contributed by atoms with Gasteiger partial charge in [0.1, 0.15) is 18.5 Å². The van der Waals surface area contributed by atoms with E-state index in [1.54, 1.807) is 6.20 Å². The maximum Gasteiger partial charge on any atom is 0.130 e. The number of H-pyrrole nitrogens is 1. The molecule has 1 aromatic carbocycles. The van der Waals surface area contributed by atoms with Gasteiger partial charge in [0.25, 0.3) is 0 Å². The van der Waals surface area contributed by atoms with Crippen LogP contribution in [0.2, 0.25) is 0 Å². The SMILES string of the molecule is NCC(O)COc1cccc2[nH]ncc12. The van der Waals surface area contributed by atoms with Gasteiger partial charge in [-0.15, -0.1) is 0 Å². The Hall–Kier alpha value is -1.59. The molecule has 0 amide bonds. The fraction of sp³-hybridized carbons (Fsp3) is 0.300. The summed E-state index contributed by atoms with van der Waals surface area (Å²) in [4.78, 5) is 0. The third kappa shape index (κ3) is 2.08. The van der Waals surface area contributed by atoms with Gasteiger partial charge < -0.3 is 15.6 Å². The molecule has 0 saturated heterocycles. The molecular formula is C10H13N3O2. The summed E-state index contributed by atoms with van der Waals surface area (Å²) in [6.45, 7) is 0.391. The molecule has 1 aromatic heterocycles. The number of hydrogen-bond acceptors (Lipinski definition) is 4. The second-order valence-corrected chi connectivity index (χ2v) is 3.29. The van der Waals surface area contributed by atoms with Crippen LogP contribution >= 0.6 is 0 Å². The Labute approximate surface area is 86.9 Å². The number of fused-ring (bicyclic) bond motifs is 1. The van der Waals surface area contributed by atoms with E-state index < -0.39 is 6.10 Å². The Bertz CT molecular complexity index is 441. The Morgan fingerprint density at radius 3 is 3.20 bits per heavy atom. The highest BCUT2D eigenvalue weighted by molar-refractivity contribution is 5.84. The van der Waals surface area contributed by atoms with Crippen LogP contribution in [-0.4, -0.2) is 34.6 Å². The van der Waals surface area contributed by atoms with E-state index in [1.165, 1.54) is 0 Å². The molecule has 0 aliphatic carbocycles. The largest absolute Gasteiger partial charge is 0.490 e. The van der Waals surface area contributed by atoms with Crippen molar-refractivity contribution in [3.05, 3.63) is 24.4 Å². The van der Waals surface area contributed by atoms with Crippen LogP contribution in [0.15, 0.2) is 24.4 Å². The fourth-order valence-electron chi connectivity index (χ4n) is 1.32. The molecule has 5 heteroatoms. The molecule has 0 fully saturated rings. The van der Waals surface area contributed by atoms with E-state index in [4.69, 9.17) is 10.5 Å². The molecule has 0 bridgehead atoms. The first kappa shape index (κ1) is 9.95. The minimum atomic E-state index is -0.632. The van der Waals surface area contributed by atoms with Crippen LogP contribution in [0.25, 0.3) is 10.9 Å². The zero-order chi connectivity index (χ0) is 10.7. The number of nitrogens with zero attached hydrogens (tertiary/aromatic N) is 1. The predicted molar refractivity (Wildman–Crippen MR) is 56.6 cm³/mol. The Kier molecular flexibility index (Phi) is 2.84. The molecular weight excluding hydrogens is 194 g/mol. The van der Waals surface area contributed by atoms with E-state index in [1.807, 2.05) is 18.2 Å². The van der Waals surface area contributed by atoms with Gasteiger partial charge in [-0.05, 0) is 12.1 Å². The lowest BCUT2D eigenvalue weighted by Crippen LogP contribution is -2.26. The van der Waals surface area contributed by atoms with Crippen molar-refractivity contribution in [1.82, 2.24) is 10.2 Å². The second kappa shape index (κ2) is 4.29. The van der Waals surface area contributed by atoms with Crippen molar-refractivity contribution in [2.75, 3.05) is 13.2 Å². The molecule has 0 spiro atoms. The summed E-state index contributed by atoms with van der Waals surface area (Å²) in [6, 6.07) is 5.61. The molecule has 0 aliphatic rings. The van der Waals surface area contributed by atoms with Crippen LogP contribution in [-0.2, 0) is 0 Å². The summed E-state index contributed by atoms with van der Waals surface area (Å²) < 4.78 is 5.44. The van der Waals surface area contributed by atoms with E-state index in [9.17, 15) is 5.11 Å². The maximum absolute atomic E-state index is 9.27. The zero-order valence-corrected chi connectivity index (χ0v) is 8.18. The van der Waals surface area contributed by atoms with Crippen molar-refractivity contribution in [2.45, 2.75) is 6.10 Å². The number of aliphatic hydroxyl groups excluding tert-OH is 1. The Balaban J connectivity index is 2.17. The van der Waals surface area contributed by atoms with E-state index in [0.717, 1.165) is 10.9 Å². The maximum atomic E-state index is 9.27. The molecule has 4 N–H and O–H groups in total. The van der Waals surface area contributed by atoms with Crippen molar-refractivity contribution in [3.63, 3.8) is 0 Å². The highest BCUT2D eigenvalue weighted by Crippen LogP contribution is 2.23. The number of rotatable bonds is 4. The van der Waals surface area contributed by atoms with Gasteiger partial charge in [-0.2, -0.15) is 5.10 Å². The molecule has 2 rings (SSSR count). The van der Waals surface area contributed by atoms with E-state index in [-0.39, 0.29) is 13.2 Å². The minimum Gasteiger partial charge on any atom is -0.490 e. The zero-order valence-electron chi connectivity index (χ0n) is 8.18. The van der Waals surface area contributed by atoms with Crippen LogP contribution in [0.5, 0.6) is 5.75 Å². The monoisotopic (exact) mass is 207 g/mol. The Morgan fingerprint density at radius 1 is 1.53 bits per heavy atom. The van der Waals surface area contributed by atoms with Crippen molar-refractivity contribution < 1.29 is 9.84 Å². The molecule has 1 atom stereocenters. The third-order valence-corrected chi connectivity index (χ3v) is 2.15. The van der Waals surface area contributed by atoms with Crippen molar-refractivity contribution in [3.8, 4) is 5.75 Å². The van der Waals surface area contributed by atoms with Crippen molar-refractivity contribution in [2.24, 2.45) is 5.73 Å². The normalized spacial score (nSPS) is 12.9. The van der Waals surface area contributed by atoms with Crippen molar-refractivity contribution >= 4 is 10.9 Å². The molecule has 5 nitrogen and oxygen atoms in total. The van der Waals surface area contributed by atoms with Crippen LogP contribution in [0.1, 0.15) is 0 Å². The minimum absolute atomic E-state index is 0.195. The van der Waals surface area contributed by atoms with Crippen LogP contribution in [0.4, 0.5) is 0 Å². The summed E-state index contributed by atoms with van der Waals surface area (Å²) in [5, 5.41) is 16.9. The lowest BCUT2D eigenvalue weighted by molar-refractivity contribution is 0.115. The number of nitrogens with one attached hydrogen (secondary N) is 1. The first-order valence-corrected chi connectivity index (χ1v) is 4.74. The van der Waals surface area contributed by atoms with Gasteiger partial charge in [0, 0.05) is 6.54 Å². The molecule has 2 aromatic rings. The topological polar surface area (TPSA) is 84.2 Å². The van der Waals surface area contributed by atoms with Crippen molar-refractivity contribution in [1.29, 1.82) is 0 Å². The summed E-state index contributed by atoms with van der Waals surface area (Å²) in [5.74, 6) is 0.703. The quantitative estimate of drug-likeness (QED) is 0.671. The highest BCUT2D eigenvalue weighted by Gasteiger charge is 2.06. The standard InChI is InChI=1S/C10H13N3O2/c11-4-7(14)6-15-10-3-1-2-9-8(10)5-12-13-9/h1-3,5,7,14H,4,6,11H2,(H,12,13). The highest BCUT2D eigenvalue weighted by atomic mass is 16.5. The lowest BCUT2D eigenvalue weighted by Gasteiger charge is -2.10. The number of aliphatic hydroxyl groups is 1. The van der Waals surface area contributed by atoms with Gasteiger partial charge in [-0.1, -0.05) is 6.07 Å². The number of aromatic nitrogens is 2. The average molecular weight is 207 g/mol. The lowest BCUT2D eigenvalue weighted by atomic mass is 10.2. The smallest absolute Gasteiger partial charge is 0.130 e. The molecule has 15 heavy (non-hydrogen) atoms. The van der Waals surface area contributed by atoms with Gasteiger partial charge in [-0.3, -0.25) is 5.10 Å². The van der Waals surface area contributed by atoms with Gasteiger partial charge in [-0.25, -0.2) is 0 Å². The van der Waals surface area contributed by atoms with Gasteiger partial charge in [0.05, 0.1) is 17.1 Å². The van der Waals surface area contributed by atoms with Gasteiger partial charge in [0.2, 0.25) is 0 Å². The summed E-state index contributed by atoms with van der Waals surface area (Å²) >= 11 is 0. The molecule has 0 radical (unpaired) electrons. The molecule has 1 heterocycles. The number of ether oxygens (including phenoxy) is 1. The third-order valence-electron chi connectivity index (χ3n) is 2.15. The van der Waals surface area contributed by atoms with E-state index in [2.05, 4.69) is 10.2 Å². The van der Waals surface area contributed by atoms with Crippen LogP contribution < -0.4 is 10.5 Å². The van der Waals surface area contributed by atoms with E-state index in [0.29, 0.717) is 5.75 Å². The van der Waals surface area contributed by atoms with Crippen LogP contribution in [0.3, 0.4) is 0 Å². The fourth-order valence-corrected chi connectivity index (χ4v) is 1.32. The molecule has 0 saturated carbocycles. The predicted octanol–water partition coefficient (Wildman–Crippen LogP) is 0.261. The van der Waals surface area contributed by atoms with Gasteiger partial charge >= 0.3 is 0 Å². The summed E-state index contributed by atoms with van der Waals surface area (Å²) in [6.07, 6.45) is 1.06. The van der Waals surface area contributed by atoms with Crippen LogP contribution in [0, 0.1) is 0 Å². The number of nitrogens with two attached hydrogens (primary N) is 1. The number of aromatic amines is 1. The second-order valence-electron chi connectivity index (χ2n) is 3.29. The average Bonchev–Trinajstić information content (AvgIpc) is 2.74. The molecule has 80 valence electrons. The Morgan fingerprint density at radius 2 is 2.40 bits per heavy atom. The van der Waals surface area contributed by atoms with E-state index >= 15 is 0 Å². The first-order chi connectivity index (χ1) is 7.31. The number of hydrogen-bond donors (Lipinski definition) is 3. The molecule has 1 unspecified atom stereocenters. The summed E-state index contributed by atoms with van der Waals surface area (Å²) in [5.41, 5.74) is 6.19. The molecule has 0 aliphatic heterocycles. The summed E-state index contributed by atoms with van der Waals surface area (Å²) in [7, 11) is 0. The van der Waals surface area contributed by atoms with Gasteiger partial charge in [0.15, 0.2) is 0 Å². The first-order valence-electron chi connectivity index (χ1n) is 4.74. The number of benzene rings is 1.